The molecular weight excluding hydrogens is 192 g/mol. The fourth-order valence-corrected chi connectivity index (χ4v) is 1.11. The van der Waals surface area contributed by atoms with Crippen LogP contribution in [0.1, 0.15) is 25.0 Å². The average Bonchev–Trinajstić information content (AvgIpc) is 2.31. The summed E-state index contributed by atoms with van der Waals surface area (Å²) in [6.07, 6.45) is 7.34. The maximum Gasteiger partial charge on any atom is -0.0307 e. The van der Waals surface area contributed by atoms with Crippen molar-refractivity contribution < 1.29 is 0 Å². The Morgan fingerprint density at radius 1 is 1.00 bits per heavy atom. The molecule has 0 N–H and O–H groups in total. The minimum Gasteiger partial charge on any atom is -0.106 e. The Labute approximate surface area is 100 Å². The van der Waals surface area contributed by atoms with E-state index in [4.69, 9.17) is 0 Å². The molecule has 2 rings (SSSR count). The van der Waals surface area contributed by atoms with Gasteiger partial charge in [0.05, 0.1) is 0 Å². The van der Waals surface area contributed by atoms with E-state index in [0.717, 1.165) is 6.42 Å². The van der Waals surface area contributed by atoms with E-state index in [2.05, 4.69) is 70.3 Å². The Hall–Kier alpha value is -1.56. The summed E-state index contributed by atoms with van der Waals surface area (Å²) < 4.78 is 0. The molecule has 0 saturated heterocycles. The van der Waals surface area contributed by atoms with Crippen LogP contribution in [0.4, 0.5) is 0 Å². The Morgan fingerprint density at radius 2 is 1.44 bits per heavy atom. The van der Waals surface area contributed by atoms with Crippen molar-refractivity contribution in [3.05, 3.63) is 72.4 Å². The first-order valence-corrected chi connectivity index (χ1v) is 5.63. The number of benzene rings is 1. The van der Waals surface area contributed by atoms with Crippen molar-refractivity contribution in [3.8, 4) is 0 Å². The highest BCUT2D eigenvalue weighted by molar-refractivity contribution is 5.32. The minimum absolute atomic E-state index is 1.14. The van der Waals surface area contributed by atoms with Crippen LogP contribution in [-0.4, -0.2) is 0 Å². The molecule has 0 heterocycles. The largest absolute Gasteiger partial charge is 0.106 e. The monoisotopic (exact) mass is 214 g/mol. The second kappa shape index (κ2) is 8.72. The Balaban J connectivity index is 0.000000272. The highest BCUT2D eigenvalue weighted by Crippen LogP contribution is 2.03. The fraction of sp³-hybridized carbons (Fsp3) is 0.250. The summed E-state index contributed by atoms with van der Waals surface area (Å²) >= 11 is 0. The molecule has 0 saturated carbocycles. The van der Waals surface area contributed by atoms with Gasteiger partial charge in [-0.2, -0.15) is 0 Å². The third-order valence-corrected chi connectivity index (χ3v) is 2.25. The van der Waals surface area contributed by atoms with Crippen LogP contribution in [0.2, 0.25) is 0 Å². The van der Waals surface area contributed by atoms with E-state index in [0.29, 0.717) is 0 Å². The zero-order valence-corrected chi connectivity index (χ0v) is 10.7. The van der Waals surface area contributed by atoms with Crippen molar-refractivity contribution in [2.24, 2.45) is 0 Å². The van der Waals surface area contributed by atoms with Gasteiger partial charge in [0.25, 0.3) is 0 Å². The predicted octanol–water partition coefficient (Wildman–Crippen LogP) is 4.86. The number of hydrogen-bond donors (Lipinski definition) is 0. The molecule has 0 aliphatic heterocycles. The molecule has 16 heavy (non-hydrogen) atoms. The highest BCUT2D eigenvalue weighted by Gasteiger charge is 1.84. The summed E-state index contributed by atoms with van der Waals surface area (Å²) in [4.78, 5) is 0. The van der Waals surface area contributed by atoms with Crippen molar-refractivity contribution in [2.45, 2.75) is 27.2 Å². The molecule has 0 bridgehead atoms. The minimum atomic E-state index is 1.14. The second-order valence-electron chi connectivity index (χ2n) is 3.61. The van der Waals surface area contributed by atoms with E-state index in [-0.39, 0.29) is 0 Å². The Kier molecular flexibility index (Phi) is 7.87. The molecule has 1 aromatic carbocycles. The van der Waals surface area contributed by atoms with Gasteiger partial charge in [-0.1, -0.05) is 60.6 Å². The normalized spacial score (nSPS) is 11.1. The predicted molar refractivity (Wildman–Crippen MR) is 74.7 cm³/mol. The van der Waals surface area contributed by atoms with Crippen LogP contribution >= 0.6 is 0 Å². The number of aryl methyl sites for hydroxylation is 2. The fourth-order valence-electron chi connectivity index (χ4n) is 1.11. The van der Waals surface area contributed by atoms with E-state index in [9.17, 15) is 0 Å². The lowest BCUT2D eigenvalue weighted by Crippen LogP contribution is -1.77. The summed E-state index contributed by atoms with van der Waals surface area (Å²) in [5, 5.41) is 0. The van der Waals surface area contributed by atoms with Gasteiger partial charge in [0.1, 0.15) is 0 Å². The third kappa shape index (κ3) is 6.02. The Bertz CT molecular complexity index is 339. The van der Waals surface area contributed by atoms with Crippen LogP contribution in [0.15, 0.2) is 61.2 Å². The lowest BCUT2D eigenvalue weighted by atomic mass is 10.1. The molecule has 0 unspecified atom stereocenters. The van der Waals surface area contributed by atoms with Gasteiger partial charge in [-0.3, -0.25) is 0 Å². The van der Waals surface area contributed by atoms with E-state index in [1.54, 1.807) is 0 Å². The average molecular weight is 214 g/mol. The zero-order valence-electron chi connectivity index (χ0n) is 10.7. The molecule has 1 aliphatic rings. The first-order chi connectivity index (χ1) is 7.72. The quantitative estimate of drug-likeness (QED) is 0.585. The molecule has 0 nitrogen and oxygen atoms in total. The third-order valence-electron chi connectivity index (χ3n) is 2.25. The molecule has 0 aromatic heterocycles. The summed E-state index contributed by atoms with van der Waals surface area (Å²) in [7, 11) is 0. The van der Waals surface area contributed by atoms with Gasteiger partial charge < -0.3 is 0 Å². The number of hydrogen-bond acceptors (Lipinski definition) is 0. The van der Waals surface area contributed by atoms with Crippen LogP contribution in [0.5, 0.6) is 0 Å². The molecule has 0 amide bonds. The van der Waals surface area contributed by atoms with Gasteiger partial charge in [-0.05, 0) is 25.8 Å². The van der Waals surface area contributed by atoms with Crippen molar-refractivity contribution in [1.29, 1.82) is 0 Å². The van der Waals surface area contributed by atoms with Crippen LogP contribution in [0.3, 0.4) is 0 Å². The van der Waals surface area contributed by atoms with Gasteiger partial charge in [-0.25, -0.2) is 0 Å². The maximum atomic E-state index is 3.00. The summed E-state index contributed by atoms with van der Waals surface area (Å²) in [6, 6.07) is 8.66. The van der Waals surface area contributed by atoms with Crippen molar-refractivity contribution in [3.63, 3.8) is 0 Å². The van der Waals surface area contributed by atoms with Gasteiger partial charge in [0, 0.05) is 0 Å². The van der Waals surface area contributed by atoms with E-state index in [1.165, 1.54) is 16.7 Å². The van der Waals surface area contributed by atoms with Crippen molar-refractivity contribution in [1.82, 2.24) is 0 Å². The Morgan fingerprint density at radius 3 is 1.69 bits per heavy atom. The second-order valence-corrected chi connectivity index (χ2v) is 3.61. The molecule has 0 radical (unpaired) electrons. The number of rotatable bonds is 1. The van der Waals surface area contributed by atoms with Crippen LogP contribution < -0.4 is 0 Å². The van der Waals surface area contributed by atoms with Crippen LogP contribution in [0, 0.1) is 6.92 Å². The van der Waals surface area contributed by atoms with Crippen molar-refractivity contribution in [2.75, 3.05) is 0 Å². The highest BCUT2D eigenvalue weighted by atomic mass is 13.9. The van der Waals surface area contributed by atoms with Gasteiger partial charge in [0.2, 0.25) is 0 Å². The van der Waals surface area contributed by atoms with Gasteiger partial charge in [-0.15, -0.1) is 13.2 Å². The molecule has 1 aromatic rings. The van der Waals surface area contributed by atoms with Gasteiger partial charge in [0.15, 0.2) is 0 Å². The van der Waals surface area contributed by atoms with Crippen LogP contribution in [-0.2, 0) is 6.42 Å². The van der Waals surface area contributed by atoms with E-state index >= 15 is 0 Å². The standard InChI is InChI=1S/C9H12.C5H6.C2H4/c1-3-9-6-4-8(2)5-7-9;1-5-3-2-4-5;1-2/h4-7H,3H2,1-2H3;2-4H,1H3;1-2H2. The molecule has 1 aliphatic carbocycles. The lowest BCUT2D eigenvalue weighted by molar-refractivity contribution is 1.14. The summed E-state index contributed by atoms with van der Waals surface area (Å²) in [5.41, 5.74) is 4.14. The van der Waals surface area contributed by atoms with E-state index < -0.39 is 0 Å². The molecule has 0 spiro atoms. The first kappa shape index (κ1) is 14.4. The summed E-state index contributed by atoms with van der Waals surface area (Å²) in [6.45, 7) is 12.4. The summed E-state index contributed by atoms with van der Waals surface area (Å²) in [5.74, 6) is 0. The van der Waals surface area contributed by atoms with Crippen LogP contribution in [0.25, 0.3) is 0 Å². The topological polar surface area (TPSA) is 0 Å². The number of allylic oxidation sites excluding steroid dienone is 4. The lowest BCUT2D eigenvalue weighted by Gasteiger charge is -1.94. The first-order valence-electron chi connectivity index (χ1n) is 5.63. The molecule has 0 fully saturated rings. The smallest absolute Gasteiger partial charge is 0.0307 e. The SMILES string of the molecule is C=C.CC1=CC=C1.CCc1ccc(C)cc1. The van der Waals surface area contributed by atoms with Crippen molar-refractivity contribution >= 4 is 0 Å². The molecule has 86 valence electrons. The van der Waals surface area contributed by atoms with E-state index in [1.807, 2.05) is 6.08 Å². The molecule has 0 atom stereocenters. The zero-order chi connectivity index (χ0) is 12.4. The molecular formula is C16H22. The maximum absolute atomic E-state index is 3.00. The molecule has 0 heteroatoms. The van der Waals surface area contributed by atoms with Gasteiger partial charge >= 0.3 is 0 Å².